The first-order valence-corrected chi connectivity index (χ1v) is 7.20. The zero-order chi connectivity index (χ0) is 14.7. The van der Waals surface area contributed by atoms with Gasteiger partial charge in [0.25, 0.3) is 0 Å². The van der Waals surface area contributed by atoms with E-state index in [2.05, 4.69) is 32.6 Å². The van der Waals surface area contributed by atoms with Gasteiger partial charge in [0.2, 0.25) is 17.6 Å². The summed E-state index contributed by atoms with van der Waals surface area (Å²) in [6.45, 7) is 4.04. The van der Waals surface area contributed by atoms with Crippen LogP contribution in [0.25, 0.3) is 11.5 Å². The van der Waals surface area contributed by atoms with E-state index in [1.165, 1.54) is 0 Å². The van der Waals surface area contributed by atoms with Gasteiger partial charge in [-0.15, -0.1) is 10.2 Å². The Morgan fingerprint density at radius 2 is 2.29 bits per heavy atom. The summed E-state index contributed by atoms with van der Waals surface area (Å²) in [5.74, 6) is 1.63. The highest BCUT2D eigenvalue weighted by molar-refractivity contribution is 5.47. The van der Waals surface area contributed by atoms with Crippen LogP contribution in [0.4, 0.5) is 0 Å². The number of hydrogen-bond donors (Lipinski definition) is 1. The quantitative estimate of drug-likeness (QED) is 0.894. The van der Waals surface area contributed by atoms with Gasteiger partial charge in [-0.2, -0.15) is 4.98 Å². The standard InChI is InChI=1S/C14H19N5O2/c1-3-6-14(7-8-15-9-14)13-16-12(19-21-13)10-4-5-11(20-2)18-17-10/h4-5,15H,3,6-9H2,1-2H3. The van der Waals surface area contributed by atoms with Gasteiger partial charge in [-0.1, -0.05) is 18.5 Å². The third kappa shape index (κ3) is 2.61. The van der Waals surface area contributed by atoms with E-state index >= 15 is 0 Å². The number of aromatic nitrogens is 4. The summed E-state index contributed by atoms with van der Waals surface area (Å²) in [4.78, 5) is 4.55. The molecule has 0 aliphatic carbocycles. The van der Waals surface area contributed by atoms with Crippen LogP contribution in [0.15, 0.2) is 16.7 Å². The van der Waals surface area contributed by atoms with E-state index in [0.717, 1.165) is 32.4 Å². The number of nitrogens with zero attached hydrogens (tertiary/aromatic N) is 4. The van der Waals surface area contributed by atoms with Crippen molar-refractivity contribution in [2.75, 3.05) is 20.2 Å². The van der Waals surface area contributed by atoms with E-state index in [9.17, 15) is 0 Å². The van der Waals surface area contributed by atoms with Crippen molar-refractivity contribution in [3.05, 3.63) is 18.0 Å². The molecule has 1 aliphatic heterocycles. The molecule has 1 unspecified atom stereocenters. The normalized spacial score (nSPS) is 21.6. The van der Waals surface area contributed by atoms with Crippen LogP contribution in [-0.2, 0) is 5.41 Å². The molecular weight excluding hydrogens is 270 g/mol. The smallest absolute Gasteiger partial charge is 0.234 e. The molecule has 1 saturated heterocycles. The molecule has 3 rings (SSSR count). The summed E-state index contributed by atoms with van der Waals surface area (Å²) in [5.41, 5.74) is 0.545. The molecule has 0 aromatic carbocycles. The predicted octanol–water partition coefficient (Wildman–Crippen LogP) is 1.57. The lowest BCUT2D eigenvalue weighted by Crippen LogP contribution is -2.29. The minimum absolute atomic E-state index is 0.0418. The SMILES string of the molecule is CCCC1(c2nc(-c3ccc(OC)nn3)no2)CCNC1. The van der Waals surface area contributed by atoms with Crippen LogP contribution in [0.3, 0.4) is 0 Å². The van der Waals surface area contributed by atoms with E-state index in [-0.39, 0.29) is 5.41 Å². The Bertz CT molecular complexity index is 590. The van der Waals surface area contributed by atoms with E-state index in [4.69, 9.17) is 9.26 Å². The summed E-state index contributed by atoms with van der Waals surface area (Å²) in [7, 11) is 1.55. The lowest BCUT2D eigenvalue weighted by atomic mass is 9.82. The zero-order valence-electron chi connectivity index (χ0n) is 12.3. The van der Waals surface area contributed by atoms with Gasteiger partial charge < -0.3 is 14.6 Å². The van der Waals surface area contributed by atoms with Gasteiger partial charge in [0.15, 0.2) is 0 Å². The Labute approximate surface area is 123 Å². The fourth-order valence-corrected chi connectivity index (χ4v) is 2.82. The molecule has 1 atom stereocenters. The number of ether oxygens (including phenoxy) is 1. The van der Waals surface area contributed by atoms with Crippen molar-refractivity contribution in [2.45, 2.75) is 31.6 Å². The topological polar surface area (TPSA) is 86.0 Å². The molecular formula is C14H19N5O2. The van der Waals surface area contributed by atoms with Crippen LogP contribution < -0.4 is 10.1 Å². The molecule has 0 spiro atoms. The van der Waals surface area contributed by atoms with Crippen molar-refractivity contribution in [1.29, 1.82) is 0 Å². The highest BCUT2D eigenvalue weighted by Gasteiger charge is 2.40. The first-order valence-electron chi connectivity index (χ1n) is 7.20. The molecule has 0 radical (unpaired) electrons. The Balaban J connectivity index is 1.87. The van der Waals surface area contributed by atoms with Gasteiger partial charge >= 0.3 is 0 Å². The minimum Gasteiger partial charge on any atom is -0.480 e. The maximum Gasteiger partial charge on any atom is 0.234 e. The van der Waals surface area contributed by atoms with Gasteiger partial charge in [-0.25, -0.2) is 0 Å². The van der Waals surface area contributed by atoms with Crippen molar-refractivity contribution in [2.24, 2.45) is 0 Å². The highest BCUT2D eigenvalue weighted by atomic mass is 16.5. The summed E-state index contributed by atoms with van der Waals surface area (Å²) < 4.78 is 10.5. The van der Waals surface area contributed by atoms with E-state index in [1.54, 1.807) is 19.2 Å². The van der Waals surface area contributed by atoms with Gasteiger partial charge in [0.05, 0.1) is 12.5 Å². The zero-order valence-corrected chi connectivity index (χ0v) is 12.3. The molecule has 2 aromatic rings. The number of methoxy groups -OCH3 is 1. The fourth-order valence-electron chi connectivity index (χ4n) is 2.82. The van der Waals surface area contributed by atoms with E-state index in [0.29, 0.717) is 23.3 Å². The second-order valence-electron chi connectivity index (χ2n) is 5.34. The van der Waals surface area contributed by atoms with Crippen LogP contribution in [-0.4, -0.2) is 40.5 Å². The van der Waals surface area contributed by atoms with Gasteiger partial charge in [0, 0.05) is 12.6 Å². The lowest BCUT2D eigenvalue weighted by Gasteiger charge is -2.22. The monoisotopic (exact) mass is 289 g/mol. The van der Waals surface area contributed by atoms with Crippen LogP contribution in [0.5, 0.6) is 5.88 Å². The number of rotatable bonds is 5. The molecule has 21 heavy (non-hydrogen) atoms. The van der Waals surface area contributed by atoms with Gasteiger partial charge in [-0.05, 0) is 25.5 Å². The van der Waals surface area contributed by atoms with Crippen molar-refractivity contribution < 1.29 is 9.26 Å². The van der Waals surface area contributed by atoms with Crippen molar-refractivity contribution in [3.63, 3.8) is 0 Å². The molecule has 0 bridgehead atoms. The van der Waals surface area contributed by atoms with Crippen LogP contribution in [0.2, 0.25) is 0 Å². The first kappa shape index (κ1) is 13.9. The first-order chi connectivity index (χ1) is 10.3. The van der Waals surface area contributed by atoms with Crippen LogP contribution in [0.1, 0.15) is 32.1 Å². The molecule has 112 valence electrons. The second kappa shape index (κ2) is 5.77. The summed E-state index contributed by atoms with van der Waals surface area (Å²) in [5, 5.41) is 15.4. The van der Waals surface area contributed by atoms with Crippen molar-refractivity contribution in [1.82, 2.24) is 25.7 Å². The average Bonchev–Trinajstić information content (AvgIpc) is 3.17. The predicted molar refractivity (Wildman–Crippen MR) is 75.9 cm³/mol. The Morgan fingerprint density at radius 3 is 2.90 bits per heavy atom. The molecule has 2 aromatic heterocycles. The summed E-state index contributed by atoms with van der Waals surface area (Å²) in [6.07, 6.45) is 3.15. The molecule has 1 N–H and O–H groups in total. The van der Waals surface area contributed by atoms with E-state index in [1.807, 2.05) is 0 Å². The van der Waals surface area contributed by atoms with Crippen LogP contribution >= 0.6 is 0 Å². The molecule has 0 amide bonds. The molecule has 3 heterocycles. The maximum atomic E-state index is 5.52. The fraction of sp³-hybridized carbons (Fsp3) is 0.571. The van der Waals surface area contributed by atoms with Gasteiger partial charge in [0.1, 0.15) is 5.69 Å². The number of hydrogen-bond acceptors (Lipinski definition) is 7. The highest BCUT2D eigenvalue weighted by Crippen LogP contribution is 2.35. The Hall–Kier alpha value is -2.02. The molecule has 1 fully saturated rings. The average molecular weight is 289 g/mol. The van der Waals surface area contributed by atoms with Crippen LogP contribution in [0, 0.1) is 0 Å². The van der Waals surface area contributed by atoms with E-state index < -0.39 is 0 Å². The molecule has 1 aliphatic rings. The van der Waals surface area contributed by atoms with Crippen molar-refractivity contribution >= 4 is 0 Å². The summed E-state index contributed by atoms with van der Waals surface area (Å²) >= 11 is 0. The molecule has 7 nitrogen and oxygen atoms in total. The Kier molecular flexibility index (Phi) is 3.83. The second-order valence-corrected chi connectivity index (χ2v) is 5.34. The molecule has 7 heteroatoms. The molecule has 0 saturated carbocycles. The summed E-state index contributed by atoms with van der Waals surface area (Å²) in [6, 6.07) is 3.51. The lowest BCUT2D eigenvalue weighted by molar-refractivity contribution is 0.277. The number of nitrogens with one attached hydrogen (secondary N) is 1. The third-order valence-corrected chi connectivity index (χ3v) is 3.93. The third-order valence-electron chi connectivity index (χ3n) is 3.93. The largest absolute Gasteiger partial charge is 0.480 e. The Morgan fingerprint density at radius 1 is 1.38 bits per heavy atom. The van der Waals surface area contributed by atoms with Crippen molar-refractivity contribution in [3.8, 4) is 17.4 Å². The van der Waals surface area contributed by atoms with Gasteiger partial charge in [-0.3, -0.25) is 0 Å². The maximum absolute atomic E-state index is 5.52. The minimum atomic E-state index is -0.0418.